The number of thiazole rings is 1. The third kappa shape index (κ3) is 4.48. The number of rotatable bonds is 7. The molecule has 0 saturated heterocycles. The number of nitrogen functional groups attached to an aromatic ring is 1. The second-order valence-corrected chi connectivity index (χ2v) is 7.42. The van der Waals surface area contributed by atoms with Gasteiger partial charge in [0.05, 0.1) is 18.4 Å². The molecule has 0 unspecified atom stereocenters. The Kier molecular flexibility index (Phi) is 5.95. The molecule has 2 amide bonds. The van der Waals surface area contributed by atoms with Gasteiger partial charge < -0.3 is 25.6 Å². The van der Waals surface area contributed by atoms with Gasteiger partial charge >= 0.3 is 0 Å². The molecule has 0 aliphatic rings. The van der Waals surface area contributed by atoms with Crippen LogP contribution in [0.25, 0.3) is 22.2 Å². The smallest absolute Gasteiger partial charge is 0.272 e. The van der Waals surface area contributed by atoms with Crippen LogP contribution in [0.15, 0.2) is 40.9 Å². The maximum Gasteiger partial charge on any atom is 0.272 e. The first kappa shape index (κ1) is 21.8. The van der Waals surface area contributed by atoms with Gasteiger partial charge in [-0.05, 0) is 24.3 Å². The first-order chi connectivity index (χ1) is 15.9. The van der Waals surface area contributed by atoms with Crippen molar-refractivity contribution >= 4 is 40.3 Å². The van der Waals surface area contributed by atoms with Crippen LogP contribution in [0.5, 0.6) is 5.75 Å². The van der Waals surface area contributed by atoms with Crippen molar-refractivity contribution in [2.24, 2.45) is 0 Å². The Morgan fingerprint density at radius 3 is 2.79 bits per heavy atom. The second-order valence-electron chi connectivity index (χ2n) is 6.42. The Hall–Kier alpha value is -4.39. The third-order valence-electron chi connectivity index (χ3n) is 4.33. The van der Waals surface area contributed by atoms with E-state index in [1.165, 1.54) is 19.2 Å². The first-order valence-corrected chi connectivity index (χ1v) is 9.96. The van der Waals surface area contributed by atoms with Gasteiger partial charge in [-0.2, -0.15) is 4.98 Å². The van der Waals surface area contributed by atoms with Crippen LogP contribution in [0, 0.1) is 11.6 Å². The highest BCUT2D eigenvalue weighted by atomic mass is 32.1. The molecule has 0 saturated carbocycles. The van der Waals surface area contributed by atoms with Crippen LogP contribution >= 0.6 is 11.3 Å². The Morgan fingerprint density at radius 1 is 1.21 bits per heavy atom. The number of nitrogens with two attached hydrogens (primary N) is 1. The topological polar surface area (TPSA) is 145 Å². The summed E-state index contributed by atoms with van der Waals surface area (Å²) in [5.74, 6) is -2.43. The number of nitrogens with zero attached hydrogens (tertiary/aromatic N) is 3. The number of aromatic nitrogens is 3. The summed E-state index contributed by atoms with van der Waals surface area (Å²) in [6.07, 6.45) is 0.427. The molecule has 4 rings (SSSR count). The van der Waals surface area contributed by atoms with Crippen molar-refractivity contribution in [3.63, 3.8) is 0 Å². The summed E-state index contributed by atoms with van der Waals surface area (Å²) in [5.41, 5.74) is 5.49. The molecule has 10 nitrogen and oxygen atoms in total. The lowest BCUT2D eigenvalue weighted by molar-refractivity contribution is -0.105. The zero-order valence-corrected chi connectivity index (χ0v) is 17.6. The van der Waals surface area contributed by atoms with Gasteiger partial charge in [-0.1, -0.05) is 22.6 Å². The Balaban J connectivity index is 1.64. The highest BCUT2D eigenvalue weighted by molar-refractivity contribution is 7.19. The van der Waals surface area contributed by atoms with E-state index < -0.39 is 17.5 Å². The number of benzene rings is 2. The molecule has 4 N–H and O–H groups in total. The fourth-order valence-corrected chi connectivity index (χ4v) is 3.56. The average molecular weight is 472 g/mol. The molecule has 168 valence electrons. The molecule has 13 heteroatoms. The zero-order chi connectivity index (χ0) is 23.5. The van der Waals surface area contributed by atoms with E-state index in [2.05, 4.69) is 25.8 Å². The predicted molar refractivity (Wildman–Crippen MR) is 116 cm³/mol. The number of hydrogen-bond acceptors (Lipinski definition) is 9. The average Bonchev–Trinajstić information content (AvgIpc) is 3.42. The lowest BCUT2D eigenvalue weighted by Gasteiger charge is -2.09. The molecule has 4 aromatic rings. The van der Waals surface area contributed by atoms with Gasteiger partial charge in [0.1, 0.15) is 28.1 Å². The quantitative estimate of drug-likeness (QED) is 0.346. The SMILES string of the molecule is COc1cccc(C(=O)Nc2cc(-c3noc(-c4sc(NC=O)nc4N)n3)c(F)cc2F)c1. The maximum absolute atomic E-state index is 14.5. The summed E-state index contributed by atoms with van der Waals surface area (Å²) in [6.45, 7) is 0. The highest BCUT2D eigenvalue weighted by Crippen LogP contribution is 2.35. The van der Waals surface area contributed by atoms with E-state index in [1.54, 1.807) is 12.1 Å². The van der Waals surface area contributed by atoms with Crippen LogP contribution in [0.2, 0.25) is 0 Å². The molecule has 0 aliphatic carbocycles. The van der Waals surface area contributed by atoms with Crippen molar-refractivity contribution in [1.29, 1.82) is 0 Å². The number of anilines is 3. The number of methoxy groups -OCH3 is 1. The largest absolute Gasteiger partial charge is 0.497 e. The van der Waals surface area contributed by atoms with Crippen LogP contribution in [-0.4, -0.2) is 34.6 Å². The fraction of sp³-hybridized carbons (Fsp3) is 0.0500. The van der Waals surface area contributed by atoms with E-state index in [0.29, 0.717) is 18.2 Å². The van der Waals surface area contributed by atoms with E-state index in [4.69, 9.17) is 15.0 Å². The molecule has 0 radical (unpaired) electrons. The van der Waals surface area contributed by atoms with Crippen LogP contribution in [0.3, 0.4) is 0 Å². The maximum atomic E-state index is 14.5. The van der Waals surface area contributed by atoms with Crippen molar-refractivity contribution in [3.8, 4) is 27.9 Å². The van der Waals surface area contributed by atoms with Crippen LogP contribution < -0.4 is 21.1 Å². The minimum atomic E-state index is -0.993. The lowest BCUT2D eigenvalue weighted by atomic mass is 10.1. The predicted octanol–water partition coefficient (Wildman–Crippen LogP) is 3.55. The monoisotopic (exact) mass is 472 g/mol. The van der Waals surface area contributed by atoms with Gasteiger partial charge in [0.2, 0.25) is 12.2 Å². The molecule has 2 aromatic carbocycles. The number of amides is 2. The minimum Gasteiger partial charge on any atom is -0.497 e. The van der Waals surface area contributed by atoms with Crippen molar-refractivity contribution in [3.05, 3.63) is 53.6 Å². The van der Waals surface area contributed by atoms with E-state index in [0.717, 1.165) is 17.4 Å². The molecule has 2 heterocycles. The molecule has 0 atom stereocenters. The number of carbonyl (C=O) groups excluding carboxylic acids is 2. The van der Waals surface area contributed by atoms with E-state index >= 15 is 0 Å². The van der Waals surface area contributed by atoms with Crippen LogP contribution in [0.4, 0.5) is 25.4 Å². The first-order valence-electron chi connectivity index (χ1n) is 9.15. The van der Waals surface area contributed by atoms with Crippen molar-refractivity contribution in [2.45, 2.75) is 0 Å². The lowest BCUT2D eigenvalue weighted by Crippen LogP contribution is -2.13. The summed E-state index contributed by atoms with van der Waals surface area (Å²) in [7, 11) is 1.45. The summed E-state index contributed by atoms with van der Waals surface area (Å²) < 4.78 is 39.1. The molecule has 33 heavy (non-hydrogen) atoms. The van der Waals surface area contributed by atoms with Gasteiger partial charge in [0, 0.05) is 11.6 Å². The summed E-state index contributed by atoms with van der Waals surface area (Å²) in [4.78, 5) is 31.4. The highest BCUT2D eigenvalue weighted by Gasteiger charge is 2.21. The summed E-state index contributed by atoms with van der Waals surface area (Å²) in [5, 5.41) is 8.64. The number of hydrogen-bond donors (Lipinski definition) is 3. The van der Waals surface area contributed by atoms with Crippen molar-refractivity contribution < 1.29 is 27.6 Å². The number of halogens is 2. The molecule has 0 spiro atoms. The van der Waals surface area contributed by atoms with E-state index in [-0.39, 0.29) is 44.4 Å². The van der Waals surface area contributed by atoms with Gasteiger partial charge in [0.25, 0.3) is 11.8 Å². The minimum absolute atomic E-state index is 0.0189. The molecule has 2 aromatic heterocycles. The second kappa shape index (κ2) is 9.00. The van der Waals surface area contributed by atoms with Crippen molar-refractivity contribution in [2.75, 3.05) is 23.5 Å². The van der Waals surface area contributed by atoms with Crippen LogP contribution in [-0.2, 0) is 4.79 Å². The standard InChI is InChI=1S/C20H14F2N6O4S/c1-31-10-4-2-3-9(5-10)18(30)25-14-6-11(12(21)7-13(14)22)17-27-19(32-28-17)15-16(23)26-20(33-15)24-8-29/h2-8H,23H2,1H3,(H,25,30)(H,24,26,29). The molecular formula is C20H14F2N6O4S. The Labute approximate surface area is 188 Å². The molecule has 0 aliphatic heterocycles. The van der Waals surface area contributed by atoms with Crippen LogP contribution in [0.1, 0.15) is 10.4 Å². The van der Waals surface area contributed by atoms with Gasteiger partial charge in [0.15, 0.2) is 5.13 Å². The number of carbonyl (C=O) groups is 2. The van der Waals surface area contributed by atoms with Gasteiger partial charge in [-0.25, -0.2) is 13.8 Å². The number of nitrogens with one attached hydrogen (secondary N) is 2. The molecule has 0 fully saturated rings. The zero-order valence-electron chi connectivity index (χ0n) is 16.8. The molecular weight excluding hydrogens is 458 g/mol. The Morgan fingerprint density at radius 2 is 2.03 bits per heavy atom. The number of ether oxygens (including phenoxy) is 1. The van der Waals surface area contributed by atoms with Gasteiger partial charge in [-0.3, -0.25) is 9.59 Å². The van der Waals surface area contributed by atoms with Crippen molar-refractivity contribution in [1.82, 2.24) is 15.1 Å². The molecule has 0 bridgehead atoms. The third-order valence-corrected chi connectivity index (χ3v) is 5.32. The summed E-state index contributed by atoms with van der Waals surface area (Å²) in [6, 6.07) is 7.87. The summed E-state index contributed by atoms with van der Waals surface area (Å²) >= 11 is 0.969. The fourth-order valence-electron chi connectivity index (χ4n) is 2.80. The normalized spacial score (nSPS) is 10.6. The van der Waals surface area contributed by atoms with E-state index in [9.17, 15) is 18.4 Å². The van der Waals surface area contributed by atoms with Gasteiger partial charge in [-0.15, -0.1) is 0 Å². The Bertz CT molecular complexity index is 1360. The van der Waals surface area contributed by atoms with E-state index in [1.807, 2.05) is 0 Å².